The summed E-state index contributed by atoms with van der Waals surface area (Å²) in [6.07, 6.45) is 2.62. The van der Waals surface area contributed by atoms with Crippen molar-refractivity contribution in [2.24, 2.45) is 5.41 Å². The Balaban J connectivity index is 1.30. The number of benzene rings is 2. The van der Waals surface area contributed by atoms with Crippen LogP contribution in [0.2, 0.25) is 0 Å². The lowest BCUT2D eigenvalue weighted by Crippen LogP contribution is -2.41. The Morgan fingerprint density at radius 1 is 1.21 bits per heavy atom. The van der Waals surface area contributed by atoms with Gasteiger partial charge in [-0.3, -0.25) is 14.3 Å². The van der Waals surface area contributed by atoms with Gasteiger partial charge in [0.05, 0.1) is 29.9 Å². The van der Waals surface area contributed by atoms with Gasteiger partial charge in [0, 0.05) is 30.5 Å². The molecule has 0 saturated heterocycles. The molecule has 1 fully saturated rings. The molecule has 2 heterocycles. The Hall–Kier alpha value is -3.96. The largest absolute Gasteiger partial charge is 0.322 e. The molecule has 0 radical (unpaired) electrons. The van der Waals surface area contributed by atoms with Gasteiger partial charge in [-0.2, -0.15) is 10.4 Å². The quantitative estimate of drug-likeness (QED) is 0.593. The number of nitrogens with zero attached hydrogens (tertiary/aromatic N) is 4. The molecule has 5 rings (SSSR count). The van der Waals surface area contributed by atoms with Crippen LogP contribution in [0.15, 0.2) is 54.7 Å². The third-order valence-electron chi connectivity index (χ3n) is 6.63. The van der Waals surface area contributed by atoms with E-state index in [0.717, 1.165) is 12.2 Å². The maximum absolute atomic E-state index is 13.4. The molecule has 0 spiro atoms. The van der Waals surface area contributed by atoms with Gasteiger partial charge in [0.25, 0.3) is 11.8 Å². The van der Waals surface area contributed by atoms with Crippen LogP contribution in [-0.4, -0.2) is 34.2 Å². The van der Waals surface area contributed by atoms with E-state index in [4.69, 9.17) is 5.26 Å². The van der Waals surface area contributed by atoms with Gasteiger partial charge < -0.3 is 15.5 Å². The highest BCUT2D eigenvalue weighted by Crippen LogP contribution is 2.44. The molecule has 2 amide bonds. The number of nitriles is 1. The van der Waals surface area contributed by atoms with Crippen LogP contribution in [0.1, 0.15) is 52.2 Å². The zero-order valence-electron chi connectivity index (χ0n) is 19.2. The third-order valence-corrected chi connectivity index (χ3v) is 6.63. The maximum Gasteiger partial charge on any atom is 0.277 e. The summed E-state index contributed by atoms with van der Waals surface area (Å²) < 4.78 is 1.58. The number of amides is 2. The Morgan fingerprint density at radius 2 is 1.97 bits per heavy atom. The molecule has 172 valence electrons. The second-order valence-corrected chi connectivity index (χ2v) is 9.53. The first-order valence-corrected chi connectivity index (χ1v) is 11.4. The van der Waals surface area contributed by atoms with Crippen LogP contribution in [0.25, 0.3) is 0 Å². The monoisotopic (exact) mass is 454 g/mol. The summed E-state index contributed by atoms with van der Waals surface area (Å²) >= 11 is 0. The Labute approximate surface area is 198 Å². The molecule has 34 heavy (non-hydrogen) atoms. The molecule has 8 heteroatoms. The number of carbonyl (C=O) groups is 2. The summed E-state index contributed by atoms with van der Waals surface area (Å²) in [7, 11) is 0. The molecular formula is C26H26N6O2. The van der Waals surface area contributed by atoms with Gasteiger partial charge in [-0.15, -0.1) is 0 Å². The molecule has 1 saturated carbocycles. The van der Waals surface area contributed by atoms with Gasteiger partial charge >= 0.3 is 0 Å². The average molecular weight is 455 g/mol. The van der Waals surface area contributed by atoms with Crippen LogP contribution in [-0.2, 0) is 13.1 Å². The molecule has 1 atom stereocenters. The standard InChI is InChI=1S/C26H26N6O2/c1-26(2)13-22(26)28-15-17-6-8-20(9-7-17)31-10-11-32-23(25(31)34)21(16-29-32)24(33)30-19-5-3-4-18(12-19)14-27/h3-9,12,16,22,28H,10-11,13,15H2,1-2H3,(H,30,33). The number of nitrogens with one attached hydrogen (secondary N) is 2. The lowest BCUT2D eigenvalue weighted by atomic mass is 10.1. The Kier molecular flexibility index (Phi) is 5.42. The molecule has 1 unspecified atom stereocenters. The Morgan fingerprint density at radius 3 is 2.68 bits per heavy atom. The van der Waals surface area contributed by atoms with E-state index in [0.29, 0.717) is 35.8 Å². The number of carbonyl (C=O) groups excluding carboxylic acids is 2. The number of fused-ring (bicyclic) bond motifs is 1. The van der Waals surface area contributed by atoms with Crippen molar-refractivity contribution < 1.29 is 9.59 Å². The van der Waals surface area contributed by atoms with Gasteiger partial charge in [-0.05, 0) is 47.7 Å². The van der Waals surface area contributed by atoms with Crippen molar-refractivity contribution in [1.82, 2.24) is 15.1 Å². The molecule has 3 aromatic rings. The summed E-state index contributed by atoms with van der Waals surface area (Å²) in [5.74, 6) is -0.693. The van der Waals surface area contributed by atoms with Crippen molar-refractivity contribution >= 4 is 23.2 Å². The number of hydrogen-bond donors (Lipinski definition) is 2. The van der Waals surface area contributed by atoms with E-state index in [1.165, 1.54) is 18.2 Å². The van der Waals surface area contributed by atoms with E-state index >= 15 is 0 Å². The summed E-state index contributed by atoms with van der Waals surface area (Å²) in [4.78, 5) is 28.0. The molecule has 0 bridgehead atoms. The van der Waals surface area contributed by atoms with E-state index in [9.17, 15) is 9.59 Å². The van der Waals surface area contributed by atoms with Gasteiger partial charge in [0.2, 0.25) is 0 Å². The lowest BCUT2D eigenvalue weighted by molar-refractivity contribution is 0.0947. The smallest absolute Gasteiger partial charge is 0.277 e. The average Bonchev–Trinajstić information content (AvgIpc) is 3.23. The van der Waals surface area contributed by atoms with Crippen molar-refractivity contribution in [3.05, 3.63) is 77.1 Å². The van der Waals surface area contributed by atoms with Crippen LogP contribution in [0.5, 0.6) is 0 Å². The highest BCUT2D eigenvalue weighted by atomic mass is 16.2. The number of hydrogen-bond acceptors (Lipinski definition) is 5. The van der Waals surface area contributed by atoms with Crippen molar-refractivity contribution in [2.45, 2.75) is 39.4 Å². The minimum absolute atomic E-state index is 0.213. The fourth-order valence-electron chi connectivity index (χ4n) is 4.33. The highest BCUT2D eigenvalue weighted by Gasteiger charge is 2.45. The van der Waals surface area contributed by atoms with Crippen molar-refractivity contribution in [3.8, 4) is 6.07 Å². The second kappa shape index (κ2) is 8.43. The zero-order chi connectivity index (χ0) is 23.9. The summed E-state index contributed by atoms with van der Waals surface area (Å²) in [5, 5.41) is 19.7. The van der Waals surface area contributed by atoms with E-state index < -0.39 is 5.91 Å². The van der Waals surface area contributed by atoms with E-state index in [1.54, 1.807) is 33.8 Å². The zero-order valence-corrected chi connectivity index (χ0v) is 19.2. The first-order chi connectivity index (χ1) is 16.4. The molecule has 8 nitrogen and oxygen atoms in total. The van der Waals surface area contributed by atoms with Crippen LogP contribution in [0, 0.1) is 16.7 Å². The van der Waals surface area contributed by atoms with Crippen molar-refractivity contribution in [2.75, 3.05) is 16.8 Å². The first-order valence-electron chi connectivity index (χ1n) is 11.4. The number of aromatic nitrogens is 2. The SMILES string of the molecule is CC1(C)CC1NCc1ccc(N2CCn3ncc(C(=O)Nc4cccc(C#N)c4)c3C2=O)cc1. The minimum Gasteiger partial charge on any atom is -0.322 e. The second-order valence-electron chi connectivity index (χ2n) is 9.53. The topological polar surface area (TPSA) is 103 Å². The maximum atomic E-state index is 13.4. The van der Waals surface area contributed by atoms with Crippen LogP contribution >= 0.6 is 0 Å². The summed E-state index contributed by atoms with van der Waals surface area (Å²) in [5.41, 5.74) is 3.75. The van der Waals surface area contributed by atoms with Gasteiger partial charge in [0.15, 0.2) is 0 Å². The molecule has 1 aliphatic carbocycles. The molecule has 1 aliphatic heterocycles. The fourth-order valence-corrected chi connectivity index (χ4v) is 4.33. The first kappa shape index (κ1) is 21.9. The van der Waals surface area contributed by atoms with Crippen molar-refractivity contribution in [1.29, 1.82) is 5.26 Å². The third kappa shape index (κ3) is 4.18. The molecular weight excluding hydrogens is 428 g/mol. The highest BCUT2D eigenvalue weighted by molar-refractivity contribution is 6.15. The predicted octanol–water partition coefficient (Wildman–Crippen LogP) is 3.56. The van der Waals surface area contributed by atoms with Crippen LogP contribution in [0.3, 0.4) is 0 Å². The predicted molar refractivity (Wildman–Crippen MR) is 128 cm³/mol. The lowest BCUT2D eigenvalue weighted by Gasteiger charge is -2.28. The van der Waals surface area contributed by atoms with Crippen LogP contribution < -0.4 is 15.5 Å². The molecule has 2 aliphatic rings. The number of anilines is 2. The minimum atomic E-state index is -0.434. The van der Waals surface area contributed by atoms with Gasteiger partial charge in [0.1, 0.15) is 5.69 Å². The summed E-state index contributed by atoms with van der Waals surface area (Å²) in [6.45, 7) is 6.30. The normalized spacial score (nSPS) is 18.2. The van der Waals surface area contributed by atoms with Gasteiger partial charge in [-0.25, -0.2) is 0 Å². The Bertz CT molecular complexity index is 1300. The summed E-state index contributed by atoms with van der Waals surface area (Å²) in [6, 6.07) is 17.2. The number of rotatable bonds is 6. The van der Waals surface area contributed by atoms with Crippen molar-refractivity contribution in [3.63, 3.8) is 0 Å². The van der Waals surface area contributed by atoms with E-state index in [-0.39, 0.29) is 17.2 Å². The fraction of sp³-hybridized carbons (Fsp3) is 0.308. The van der Waals surface area contributed by atoms with E-state index in [2.05, 4.69) is 29.6 Å². The van der Waals surface area contributed by atoms with E-state index in [1.807, 2.05) is 30.3 Å². The molecule has 2 aromatic carbocycles. The molecule has 1 aromatic heterocycles. The van der Waals surface area contributed by atoms with Gasteiger partial charge in [-0.1, -0.05) is 32.0 Å². The van der Waals surface area contributed by atoms with Crippen LogP contribution in [0.4, 0.5) is 11.4 Å². The molecule has 2 N–H and O–H groups in total.